The second-order valence-corrected chi connectivity index (χ2v) is 38.9. The lowest BCUT2D eigenvalue weighted by molar-refractivity contribution is 0.995. The van der Waals surface area contributed by atoms with Crippen LogP contribution in [-0.4, -0.2) is 57.7 Å². The number of hydrogen-bond donors (Lipinski definition) is 0. The van der Waals surface area contributed by atoms with Crippen LogP contribution in [0.25, 0.3) is 271 Å². The molecule has 9 aromatic heterocycles. The molecule has 0 aliphatic rings. The smallest absolute Gasteiger partial charge is 0.235 e. The van der Waals surface area contributed by atoms with Gasteiger partial charge in [0.2, 0.25) is 11.9 Å². The van der Waals surface area contributed by atoms with E-state index in [0.717, 1.165) is 112 Å². The van der Waals surface area contributed by atoms with Crippen molar-refractivity contribution in [1.29, 1.82) is 0 Å². The summed E-state index contributed by atoms with van der Waals surface area (Å²) in [7, 11) is 0. The van der Waals surface area contributed by atoms with Crippen molar-refractivity contribution in [3.05, 3.63) is 534 Å². The summed E-state index contributed by atoms with van der Waals surface area (Å²) in [5.41, 5.74) is 32.5. The number of aromatic nitrogens is 12. The van der Waals surface area contributed by atoms with E-state index in [1.165, 1.54) is 129 Å². The molecule has 0 amide bonds. The van der Waals surface area contributed by atoms with E-state index in [1.54, 1.807) is 0 Å². The third-order valence-corrected chi connectivity index (χ3v) is 30.1. The lowest BCUT2D eigenvalue weighted by atomic mass is 10.0. The zero-order valence-electron chi connectivity index (χ0n) is 81.1. The van der Waals surface area contributed by atoms with Crippen molar-refractivity contribution in [2.24, 2.45) is 0 Å². The van der Waals surface area contributed by atoms with Crippen LogP contribution >= 0.6 is 11.3 Å². The first-order valence-electron chi connectivity index (χ1n) is 50.5. The highest BCUT2D eigenvalue weighted by atomic mass is 32.1. The van der Waals surface area contributed by atoms with Crippen molar-refractivity contribution < 1.29 is 0 Å². The molecule has 0 unspecified atom stereocenters. The van der Waals surface area contributed by atoms with Crippen molar-refractivity contribution in [3.63, 3.8) is 0 Å². The predicted octanol–water partition coefficient (Wildman–Crippen LogP) is 35.3. The first kappa shape index (κ1) is 87.8. The normalized spacial score (nSPS) is 11.6. The molecule has 0 atom stereocenters. The Morgan fingerprint density at radius 3 is 0.687 bits per heavy atom. The summed E-state index contributed by atoms with van der Waals surface area (Å²) in [4.78, 5) is 35.7. The summed E-state index contributed by atoms with van der Waals surface area (Å²) in [6, 6.07) is 188. The molecule has 12 nitrogen and oxygen atoms in total. The Morgan fingerprint density at radius 2 is 0.353 bits per heavy atom. The zero-order valence-corrected chi connectivity index (χ0v) is 81.9. The topological polar surface area (TPSA) is 115 Å². The van der Waals surface area contributed by atoms with Gasteiger partial charge in [-0.1, -0.05) is 376 Å². The number of para-hydroxylation sites is 7. The number of fused-ring (bicyclic) bond motifs is 18. The first-order chi connectivity index (χ1) is 74.4. The van der Waals surface area contributed by atoms with Gasteiger partial charge in [-0.15, -0.1) is 11.3 Å². The minimum atomic E-state index is 0.631. The van der Waals surface area contributed by atoms with Gasteiger partial charge < -0.3 is 13.7 Å². The maximum absolute atomic E-state index is 5.19. The van der Waals surface area contributed by atoms with Crippen LogP contribution in [0.2, 0.25) is 0 Å². The minimum Gasteiger partial charge on any atom is -0.309 e. The number of rotatable bonds is 15. The molecule has 21 aromatic carbocycles. The molecule has 0 spiro atoms. The van der Waals surface area contributed by atoms with Crippen LogP contribution < -0.4 is 0 Å². The van der Waals surface area contributed by atoms with Gasteiger partial charge in [0, 0.05) is 130 Å². The van der Waals surface area contributed by atoms with Gasteiger partial charge in [0.1, 0.15) is 0 Å². The van der Waals surface area contributed by atoms with E-state index in [9.17, 15) is 0 Å². The standard InChI is InChI=1S/C51H33N5.C46H30N4.C40H25N3S/c1-4-15-34(16-5-1)49-52-50(35-17-6-2-7-18-35)54-51(53-49)38-19-14-22-40(31-38)56-46-26-13-11-24-42(46)44-33-37(28-30-48(44)56)36-27-29-47-43(32-36)41-23-10-12-25-45(41)55(47)39-20-8-3-9-21-39;1-4-14-31(15-5-1)40-30-41(32-16-6-2-7-17-32)48-46(47-40)50-43-23-13-11-21-37(43)39-29-34(25-27-45(39)50)33-24-26-44-38(28-33)36-20-10-12-22-42(36)49(44)35-18-8-3-9-19-35;1-3-11-26(12-4-1)34-25-35(27-13-5-2-6-14-27)42-40(41-34)43-36-17-9-7-15-30(36)32-23-28(19-21-37(32)43)29-20-22-39-33(24-29)31-16-8-10-18-38(31)44-39/h1-33H;1-30H;1-25H. The molecular weight excluding hydrogens is 1850 g/mol. The van der Waals surface area contributed by atoms with Crippen LogP contribution in [0.5, 0.6) is 0 Å². The molecular formula is C137H88N12S. The maximum atomic E-state index is 5.19. The van der Waals surface area contributed by atoms with E-state index in [4.69, 9.17) is 34.9 Å². The molecule has 0 aliphatic heterocycles. The summed E-state index contributed by atoms with van der Waals surface area (Å²) < 4.78 is 14.1. The number of thiophene rings is 1. The average molecular weight is 1930 g/mol. The fourth-order valence-electron chi connectivity index (χ4n) is 21.9. The monoisotopic (exact) mass is 1930 g/mol. The highest BCUT2D eigenvalue weighted by Crippen LogP contribution is 2.46. The van der Waals surface area contributed by atoms with Gasteiger partial charge >= 0.3 is 0 Å². The summed E-state index contributed by atoms with van der Waals surface area (Å²) in [6.45, 7) is 0. The summed E-state index contributed by atoms with van der Waals surface area (Å²) in [5, 5.41) is 14.7. The molecule has 0 saturated heterocycles. The highest BCUT2D eigenvalue weighted by molar-refractivity contribution is 7.25. The van der Waals surface area contributed by atoms with E-state index in [2.05, 4.69) is 472 Å². The summed E-state index contributed by atoms with van der Waals surface area (Å²) in [6.07, 6.45) is 0. The van der Waals surface area contributed by atoms with Crippen LogP contribution in [0.3, 0.4) is 0 Å². The Bertz CT molecular complexity index is 10300. The molecule has 0 fully saturated rings. The van der Waals surface area contributed by atoms with Crippen LogP contribution in [0, 0.1) is 0 Å². The van der Waals surface area contributed by atoms with Gasteiger partial charge in [-0.2, -0.15) is 0 Å². The molecule has 0 N–H and O–H groups in total. The SMILES string of the molecule is c1ccc(-c2cc(-c3ccccc3)nc(-n3c4ccccc4c4cc(-c5ccc6c(c5)c5ccccc5n6-c5ccccc5)ccc43)n2)cc1.c1ccc(-c2cc(-c3ccccc3)nc(-n3c4ccccc4c4cc(-c5ccc6sc7ccccc7c6c5)ccc43)n2)cc1.c1ccc(-c2nc(-c3ccccc3)nc(-c3cccc(-n4c5ccccc5c5cc(-c6ccc7c(c6)c6ccccc6n7-c6ccccc6)ccc54)c3)n2)cc1. The number of nitrogens with zero attached hydrogens (tertiary/aromatic N) is 12. The van der Waals surface area contributed by atoms with Crippen LogP contribution in [0.4, 0.5) is 0 Å². The second kappa shape index (κ2) is 37.3. The van der Waals surface area contributed by atoms with E-state index in [-0.39, 0.29) is 0 Å². The second-order valence-electron chi connectivity index (χ2n) is 37.8. The Kier molecular flexibility index (Phi) is 21.8. The molecule has 9 heterocycles. The van der Waals surface area contributed by atoms with Crippen LogP contribution in [-0.2, 0) is 0 Å². The lowest BCUT2D eigenvalue weighted by Gasteiger charge is -2.12. The summed E-state index contributed by atoms with van der Waals surface area (Å²) in [5.74, 6) is 3.24. The quantitative estimate of drug-likeness (QED) is 0.100. The first-order valence-corrected chi connectivity index (χ1v) is 51.4. The average Bonchev–Trinajstić information content (AvgIpc) is 1.41. The molecule has 0 saturated carbocycles. The molecule has 30 aromatic rings. The van der Waals surface area contributed by atoms with Gasteiger partial charge in [-0.05, 0) is 191 Å². The van der Waals surface area contributed by atoms with Gasteiger partial charge in [0.05, 0.1) is 77.9 Å². The summed E-state index contributed by atoms with van der Waals surface area (Å²) >= 11 is 1.85. The Labute approximate surface area is 867 Å². The highest BCUT2D eigenvalue weighted by Gasteiger charge is 2.26. The Balaban J connectivity index is 0.000000109. The van der Waals surface area contributed by atoms with Crippen molar-refractivity contribution in [2.45, 2.75) is 0 Å². The van der Waals surface area contributed by atoms with Crippen molar-refractivity contribution >= 4 is 141 Å². The van der Waals surface area contributed by atoms with Gasteiger partial charge in [-0.25, -0.2) is 34.9 Å². The largest absolute Gasteiger partial charge is 0.309 e. The number of benzene rings is 21. The van der Waals surface area contributed by atoms with Crippen LogP contribution in [0.15, 0.2) is 534 Å². The van der Waals surface area contributed by atoms with E-state index >= 15 is 0 Å². The number of hydrogen-bond acceptors (Lipinski definition) is 8. The minimum absolute atomic E-state index is 0.631. The molecule has 150 heavy (non-hydrogen) atoms. The molecule has 13 heteroatoms. The van der Waals surface area contributed by atoms with Crippen LogP contribution in [0.1, 0.15) is 0 Å². The predicted molar refractivity (Wildman–Crippen MR) is 623 cm³/mol. The molecule has 30 rings (SSSR count). The van der Waals surface area contributed by atoms with Gasteiger partial charge in [-0.3, -0.25) is 9.13 Å². The Morgan fingerprint density at radius 1 is 0.127 bits per heavy atom. The third-order valence-electron chi connectivity index (χ3n) is 28.9. The fraction of sp³-hybridized carbons (Fsp3) is 0. The lowest BCUT2D eigenvalue weighted by Crippen LogP contribution is -2.03. The molecule has 0 aliphatic carbocycles. The van der Waals surface area contributed by atoms with E-state index in [0.29, 0.717) is 29.4 Å². The molecule has 0 radical (unpaired) electrons. The van der Waals surface area contributed by atoms with Gasteiger partial charge in [0.15, 0.2) is 17.5 Å². The third kappa shape index (κ3) is 15.8. The molecule has 0 bridgehead atoms. The fourth-order valence-corrected chi connectivity index (χ4v) is 23.0. The van der Waals surface area contributed by atoms with Crippen molar-refractivity contribution in [1.82, 2.24) is 57.7 Å². The Hall–Kier alpha value is -20.0. The van der Waals surface area contributed by atoms with Crippen molar-refractivity contribution in [2.75, 3.05) is 0 Å². The molecule has 702 valence electrons. The van der Waals surface area contributed by atoms with E-state index < -0.39 is 0 Å². The zero-order chi connectivity index (χ0) is 99.1. The maximum Gasteiger partial charge on any atom is 0.235 e. The van der Waals surface area contributed by atoms with Crippen molar-refractivity contribution in [3.8, 4) is 142 Å². The van der Waals surface area contributed by atoms with Gasteiger partial charge in [0.25, 0.3) is 0 Å². The van der Waals surface area contributed by atoms with E-state index in [1.807, 2.05) is 96.3 Å².